The van der Waals surface area contributed by atoms with Gasteiger partial charge in [-0.1, -0.05) is 0 Å². The molecule has 0 aliphatic heterocycles. The number of carbonyl (C=O) groups is 2. The maximum Gasteiger partial charge on any atom is 0.240 e. The molecule has 0 spiro atoms. The van der Waals surface area contributed by atoms with Crippen LogP contribution in [0.3, 0.4) is 0 Å². The number of halogens is 1. The van der Waals surface area contributed by atoms with E-state index in [2.05, 4.69) is 10.6 Å². The van der Waals surface area contributed by atoms with Gasteiger partial charge in [-0.3, -0.25) is 9.59 Å². The van der Waals surface area contributed by atoms with Crippen molar-refractivity contribution in [1.29, 1.82) is 0 Å². The molecule has 2 rings (SSSR count). The average molecular weight is 300 g/mol. The van der Waals surface area contributed by atoms with Crippen LogP contribution in [-0.2, 0) is 9.59 Å². The molecule has 110 valence electrons. The van der Waals surface area contributed by atoms with Gasteiger partial charge in [-0.05, 0) is 31.0 Å². The summed E-state index contributed by atoms with van der Waals surface area (Å²) in [5, 5.41) is 5.24. The third-order valence-corrected chi connectivity index (χ3v) is 3.33. The molecule has 1 aromatic carbocycles. The lowest BCUT2D eigenvalue weighted by atomic mass is 10.1. The predicted molar refractivity (Wildman–Crippen MR) is 79.0 cm³/mol. The van der Waals surface area contributed by atoms with Gasteiger partial charge in [-0.15, -0.1) is 12.4 Å². The van der Waals surface area contributed by atoms with E-state index in [0.29, 0.717) is 30.0 Å². The molecular formula is C13H18ClN3O3. The summed E-state index contributed by atoms with van der Waals surface area (Å²) < 4.78 is 5.04. The van der Waals surface area contributed by atoms with E-state index < -0.39 is 5.41 Å². The van der Waals surface area contributed by atoms with E-state index in [1.165, 1.54) is 14.2 Å². The molecular weight excluding hydrogens is 282 g/mol. The third-order valence-electron chi connectivity index (χ3n) is 3.33. The first-order chi connectivity index (χ1) is 9.03. The molecule has 1 aliphatic carbocycles. The summed E-state index contributed by atoms with van der Waals surface area (Å²) in [6.07, 6.45) is 1.15. The van der Waals surface area contributed by atoms with Gasteiger partial charge < -0.3 is 21.1 Å². The Labute approximate surface area is 123 Å². The molecule has 6 nitrogen and oxygen atoms in total. The first kappa shape index (κ1) is 16.1. The Balaban J connectivity index is 0.00000200. The first-order valence-electron chi connectivity index (χ1n) is 6.00. The molecule has 0 radical (unpaired) electrons. The van der Waals surface area contributed by atoms with E-state index in [0.717, 1.165) is 0 Å². The van der Waals surface area contributed by atoms with E-state index in [1.807, 2.05) is 0 Å². The average Bonchev–Trinajstić information content (AvgIpc) is 3.19. The first-order valence-corrected chi connectivity index (χ1v) is 6.00. The monoisotopic (exact) mass is 299 g/mol. The predicted octanol–water partition coefficient (Wildman–Crippen LogP) is 1.16. The maximum atomic E-state index is 12.1. The molecule has 0 unspecified atom stereocenters. The summed E-state index contributed by atoms with van der Waals surface area (Å²) in [7, 11) is 3.05. The number of rotatable bonds is 4. The molecule has 4 N–H and O–H groups in total. The number of anilines is 2. The minimum absolute atomic E-state index is 0. The van der Waals surface area contributed by atoms with Crippen molar-refractivity contribution in [1.82, 2.24) is 5.32 Å². The normalized spacial score (nSPS) is 14.7. The lowest BCUT2D eigenvalue weighted by Crippen LogP contribution is -2.38. The van der Waals surface area contributed by atoms with Crippen molar-refractivity contribution in [2.75, 3.05) is 25.2 Å². The highest BCUT2D eigenvalue weighted by Crippen LogP contribution is 2.46. The van der Waals surface area contributed by atoms with E-state index >= 15 is 0 Å². The minimum Gasteiger partial charge on any atom is -0.495 e. The fourth-order valence-electron chi connectivity index (χ4n) is 1.98. The van der Waals surface area contributed by atoms with Gasteiger partial charge in [0, 0.05) is 12.7 Å². The Kier molecular flexibility index (Phi) is 4.83. The Morgan fingerprint density at radius 1 is 1.30 bits per heavy atom. The van der Waals surface area contributed by atoms with Gasteiger partial charge in [0.1, 0.15) is 11.2 Å². The fraction of sp³-hybridized carbons (Fsp3) is 0.385. The number of methoxy groups -OCH3 is 1. The Hall–Kier alpha value is -1.95. The van der Waals surface area contributed by atoms with Crippen LogP contribution in [0.2, 0.25) is 0 Å². The van der Waals surface area contributed by atoms with E-state index in [9.17, 15) is 9.59 Å². The topological polar surface area (TPSA) is 93.5 Å². The van der Waals surface area contributed by atoms with Crippen LogP contribution >= 0.6 is 12.4 Å². The SMILES string of the molecule is CNC(=O)C1(C(=O)Nc2ccc(OC)c(N)c2)CC1.Cl. The van der Waals surface area contributed by atoms with Crippen molar-refractivity contribution in [3.8, 4) is 5.75 Å². The van der Waals surface area contributed by atoms with Crippen molar-refractivity contribution in [2.24, 2.45) is 5.41 Å². The van der Waals surface area contributed by atoms with Crippen LogP contribution in [0, 0.1) is 5.41 Å². The number of hydrogen-bond acceptors (Lipinski definition) is 4. The van der Waals surface area contributed by atoms with Crippen LogP contribution in [-0.4, -0.2) is 26.0 Å². The number of nitrogens with one attached hydrogen (secondary N) is 2. The van der Waals surface area contributed by atoms with Crippen LogP contribution < -0.4 is 21.1 Å². The number of hydrogen-bond donors (Lipinski definition) is 3. The second kappa shape index (κ2) is 6.00. The lowest BCUT2D eigenvalue weighted by molar-refractivity contribution is -0.134. The van der Waals surface area contributed by atoms with Crippen molar-refractivity contribution in [3.63, 3.8) is 0 Å². The number of amides is 2. The van der Waals surface area contributed by atoms with Gasteiger partial charge >= 0.3 is 0 Å². The Morgan fingerprint density at radius 3 is 2.40 bits per heavy atom. The van der Waals surface area contributed by atoms with Gasteiger partial charge in [-0.2, -0.15) is 0 Å². The zero-order valence-corrected chi connectivity index (χ0v) is 12.2. The van der Waals surface area contributed by atoms with Crippen molar-refractivity contribution < 1.29 is 14.3 Å². The van der Waals surface area contributed by atoms with Crippen LogP contribution in [0.15, 0.2) is 18.2 Å². The molecule has 0 atom stereocenters. The second-order valence-electron chi connectivity index (χ2n) is 4.57. The second-order valence-corrected chi connectivity index (χ2v) is 4.57. The van der Waals surface area contributed by atoms with Gasteiger partial charge in [0.05, 0.1) is 12.8 Å². The molecule has 0 saturated heterocycles. The molecule has 7 heteroatoms. The Morgan fingerprint density at radius 2 is 1.95 bits per heavy atom. The maximum absolute atomic E-state index is 12.1. The highest BCUT2D eigenvalue weighted by Gasteiger charge is 2.56. The molecule has 20 heavy (non-hydrogen) atoms. The molecule has 1 aliphatic rings. The zero-order valence-electron chi connectivity index (χ0n) is 11.4. The quantitative estimate of drug-likeness (QED) is 0.574. The van der Waals surface area contributed by atoms with Crippen LogP contribution in [0.4, 0.5) is 11.4 Å². The number of benzene rings is 1. The largest absolute Gasteiger partial charge is 0.495 e. The molecule has 1 aromatic rings. The third kappa shape index (κ3) is 2.80. The van der Waals surface area contributed by atoms with E-state index in [4.69, 9.17) is 10.5 Å². The standard InChI is InChI=1S/C13H17N3O3.ClH/c1-15-11(17)13(5-6-13)12(18)16-8-3-4-10(19-2)9(14)7-8;/h3-4,7H,5-6,14H2,1-2H3,(H,15,17)(H,16,18);1H. The summed E-state index contributed by atoms with van der Waals surface area (Å²) in [6, 6.07) is 4.97. The number of nitrogen functional groups attached to an aromatic ring is 1. The summed E-state index contributed by atoms with van der Waals surface area (Å²) in [5.41, 5.74) is 5.84. The van der Waals surface area contributed by atoms with Crippen LogP contribution in [0.5, 0.6) is 5.75 Å². The van der Waals surface area contributed by atoms with Crippen LogP contribution in [0.25, 0.3) is 0 Å². The summed E-state index contributed by atoms with van der Waals surface area (Å²) >= 11 is 0. The Bertz CT molecular complexity index is 530. The lowest BCUT2D eigenvalue weighted by Gasteiger charge is -2.14. The number of ether oxygens (including phenoxy) is 1. The molecule has 2 amide bonds. The zero-order chi connectivity index (χ0) is 14.0. The van der Waals surface area contributed by atoms with Gasteiger partial charge in [0.15, 0.2) is 0 Å². The molecule has 0 aromatic heterocycles. The van der Waals surface area contributed by atoms with Crippen LogP contribution in [0.1, 0.15) is 12.8 Å². The molecule has 1 saturated carbocycles. The minimum atomic E-state index is -0.913. The molecule has 0 heterocycles. The fourth-order valence-corrected chi connectivity index (χ4v) is 1.98. The van der Waals surface area contributed by atoms with E-state index in [1.54, 1.807) is 18.2 Å². The van der Waals surface area contributed by atoms with E-state index in [-0.39, 0.29) is 24.2 Å². The highest BCUT2D eigenvalue weighted by atomic mass is 35.5. The number of nitrogens with two attached hydrogens (primary N) is 1. The summed E-state index contributed by atoms with van der Waals surface area (Å²) in [4.78, 5) is 23.8. The number of carbonyl (C=O) groups excluding carboxylic acids is 2. The van der Waals surface area contributed by atoms with Crippen molar-refractivity contribution >= 4 is 35.6 Å². The molecule has 0 bridgehead atoms. The highest BCUT2D eigenvalue weighted by molar-refractivity contribution is 6.13. The van der Waals surface area contributed by atoms with Gasteiger partial charge in [0.25, 0.3) is 0 Å². The smallest absolute Gasteiger partial charge is 0.240 e. The molecule has 1 fully saturated rings. The van der Waals surface area contributed by atoms with Crippen molar-refractivity contribution in [2.45, 2.75) is 12.8 Å². The summed E-state index contributed by atoms with van der Waals surface area (Å²) in [5.74, 6) is 0.00772. The summed E-state index contributed by atoms with van der Waals surface area (Å²) in [6.45, 7) is 0. The van der Waals surface area contributed by atoms with Gasteiger partial charge in [0.2, 0.25) is 11.8 Å². The van der Waals surface area contributed by atoms with Gasteiger partial charge in [-0.25, -0.2) is 0 Å². The van der Waals surface area contributed by atoms with Crippen molar-refractivity contribution in [3.05, 3.63) is 18.2 Å².